The maximum atomic E-state index is 5.68. The van der Waals surface area contributed by atoms with E-state index in [1.54, 1.807) is 14.2 Å². The van der Waals surface area contributed by atoms with E-state index in [4.69, 9.17) is 20.6 Å². The first kappa shape index (κ1) is 17.2. The van der Waals surface area contributed by atoms with Crippen LogP contribution in [0.25, 0.3) is 0 Å². The Bertz CT molecular complexity index is 452. The van der Waals surface area contributed by atoms with Gasteiger partial charge in [-0.05, 0) is 30.2 Å². The van der Waals surface area contributed by atoms with E-state index in [0.717, 1.165) is 18.7 Å². The Balaban J connectivity index is 2.87. The molecular weight excluding hydrogens is 266 g/mol. The van der Waals surface area contributed by atoms with Gasteiger partial charge in [0.25, 0.3) is 0 Å². The lowest BCUT2D eigenvalue weighted by atomic mass is 10.1. The molecule has 1 aromatic rings. The summed E-state index contributed by atoms with van der Waals surface area (Å²) < 4.78 is 16.5. The average Bonchev–Trinajstić information content (AvgIpc) is 2.47. The largest absolute Gasteiger partial charge is 0.493 e. The van der Waals surface area contributed by atoms with Crippen molar-refractivity contribution in [2.24, 2.45) is 5.92 Å². The molecule has 0 unspecified atom stereocenters. The van der Waals surface area contributed by atoms with Crippen molar-refractivity contribution in [1.29, 1.82) is 0 Å². The van der Waals surface area contributed by atoms with Crippen LogP contribution in [0.15, 0.2) is 12.1 Å². The molecule has 0 atom stereocenters. The molecular formula is C17H25NO3. The van der Waals surface area contributed by atoms with Crippen LogP contribution >= 0.6 is 0 Å². The molecule has 0 saturated carbocycles. The van der Waals surface area contributed by atoms with Crippen LogP contribution < -0.4 is 19.5 Å². The SMILES string of the molecule is C#CCCOc1c(OC)cc(CNCC(C)C)cc1OC. The van der Waals surface area contributed by atoms with Gasteiger partial charge in [-0.3, -0.25) is 0 Å². The summed E-state index contributed by atoms with van der Waals surface area (Å²) in [5.41, 5.74) is 1.09. The minimum absolute atomic E-state index is 0.439. The standard InChI is InChI=1S/C17H25NO3/c1-6-7-8-21-17-15(19-4)9-14(10-16(17)20-5)12-18-11-13(2)3/h1,9-10,13,18H,7-8,11-12H2,2-5H3. The van der Waals surface area contributed by atoms with E-state index in [-0.39, 0.29) is 0 Å². The van der Waals surface area contributed by atoms with Gasteiger partial charge in [-0.1, -0.05) is 13.8 Å². The van der Waals surface area contributed by atoms with E-state index in [0.29, 0.717) is 36.2 Å². The molecule has 0 aromatic heterocycles. The lowest BCUT2D eigenvalue weighted by Crippen LogP contribution is -2.19. The van der Waals surface area contributed by atoms with Crippen molar-refractivity contribution in [2.45, 2.75) is 26.8 Å². The molecule has 0 amide bonds. The highest BCUT2D eigenvalue weighted by atomic mass is 16.5. The number of hydrogen-bond acceptors (Lipinski definition) is 4. The van der Waals surface area contributed by atoms with Gasteiger partial charge in [0.05, 0.1) is 20.8 Å². The lowest BCUT2D eigenvalue weighted by molar-refractivity contribution is 0.280. The van der Waals surface area contributed by atoms with Gasteiger partial charge in [-0.2, -0.15) is 0 Å². The predicted molar refractivity (Wildman–Crippen MR) is 85.0 cm³/mol. The average molecular weight is 291 g/mol. The van der Waals surface area contributed by atoms with Gasteiger partial charge in [-0.15, -0.1) is 12.3 Å². The van der Waals surface area contributed by atoms with Gasteiger partial charge in [0, 0.05) is 13.0 Å². The zero-order valence-electron chi connectivity index (χ0n) is 13.4. The summed E-state index contributed by atoms with van der Waals surface area (Å²) >= 11 is 0. The first-order valence-corrected chi connectivity index (χ1v) is 7.14. The van der Waals surface area contributed by atoms with Crippen molar-refractivity contribution < 1.29 is 14.2 Å². The topological polar surface area (TPSA) is 39.7 Å². The molecule has 4 heteroatoms. The Labute approximate surface area is 127 Å². The van der Waals surface area contributed by atoms with E-state index in [2.05, 4.69) is 25.1 Å². The van der Waals surface area contributed by atoms with Crippen molar-refractivity contribution in [2.75, 3.05) is 27.4 Å². The van der Waals surface area contributed by atoms with E-state index < -0.39 is 0 Å². The smallest absolute Gasteiger partial charge is 0.203 e. The number of ether oxygens (including phenoxy) is 3. The van der Waals surface area contributed by atoms with Crippen LogP contribution in [0, 0.1) is 18.3 Å². The number of benzene rings is 1. The molecule has 0 saturated heterocycles. The summed E-state index contributed by atoms with van der Waals surface area (Å²) in [4.78, 5) is 0. The van der Waals surface area contributed by atoms with Crippen LogP contribution in [-0.2, 0) is 6.54 Å². The highest BCUT2D eigenvalue weighted by molar-refractivity contribution is 5.53. The molecule has 0 fully saturated rings. The van der Waals surface area contributed by atoms with Gasteiger partial charge in [0.15, 0.2) is 11.5 Å². The third-order valence-electron chi connectivity index (χ3n) is 2.89. The quantitative estimate of drug-likeness (QED) is 0.561. The molecule has 4 nitrogen and oxygen atoms in total. The van der Waals surface area contributed by atoms with Gasteiger partial charge in [-0.25, -0.2) is 0 Å². The predicted octanol–water partition coefficient (Wildman–Crippen LogP) is 2.85. The molecule has 1 aromatic carbocycles. The maximum Gasteiger partial charge on any atom is 0.203 e. The fraction of sp³-hybridized carbons (Fsp3) is 0.529. The second-order valence-corrected chi connectivity index (χ2v) is 5.16. The summed E-state index contributed by atoms with van der Waals surface area (Å²) in [6.07, 6.45) is 5.78. The third-order valence-corrected chi connectivity index (χ3v) is 2.89. The molecule has 0 aliphatic heterocycles. The first-order valence-electron chi connectivity index (χ1n) is 7.14. The highest BCUT2D eigenvalue weighted by Gasteiger charge is 2.14. The minimum Gasteiger partial charge on any atom is -0.493 e. The van der Waals surface area contributed by atoms with Crippen molar-refractivity contribution in [3.05, 3.63) is 17.7 Å². The molecule has 116 valence electrons. The second-order valence-electron chi connectivity index (χ2n) is 5.16. The summed E-state index contributed by atoms with van der Waals surface area (Å²) in [5, 5.41) is 3.40. The molecule has 0 aliphatic carbocycles. The summed E-state index contributed by atoms with van der Waals surface area (Å²) in [5.74, 6) is 5.08. The summed E-state index contributed by atoms with van der Waals surface area (Å²) in [6, 6.07) is 3.92. The maximum absolute atomic E-state index is 5.68. The van der Waals surface area contributed by atoms with Crippen LogP contribution in [0.1, 0.15) is 25.8 Å². The number of rotatable bonds is 9. The van der Waals surface area contributed by atoms with Gasteiger partial charge in [0.1, 0.15) is 0 Å². The van der Waals surface area contributed by atoms with Crippen molar-refractivity contribution >= 4 is 0 Å². The summed E-state index contributed by atoms with van der Waals surface area (Å²) in [6.45, 7) is 6.52. The van der Waals surface area contributed by atoms with Crippen LogP contribution in [0.3, 0.4) is 0 Å². The van der Waals surface area contributed by atoms with Gasteiger partial charge < -0.3 is 19.5 Å². The van der Waals surface area contributed by atoms with Crippen LogP contribution in [-0.4, -0.2) is 27.4 Å². The Hall–Kier alpha value is -1.86. The summed E-state index contributed by atoms with van der Waals surface area (Å²) in [7, 11) is 3.24. The van der Waals surface area contributed by atoms with E-state index in [9.17, 15) is 0 Å². The third kappa shape index (κ3) is 5.57. The number of terminal acetylenes is 1. The zero-order chi connectivity index (χ0) is 15.7. The van der Waals surface area contributed by atoms with Crippen LogP contribution in [0.4, 0.5) is 0 Å². The Morgan fingerprint density at radius 3 is 2.29 bits per heavy atom. The zero-order valence-corrected chi connectivity index (χ0v) is 13.4. The van der Waals surface area contributed by atoms with Crippen molar-refractivity contribution in [1.82, 2.24) is 5.32 Å². The first-order chi connectivity index (χ1) is 10.1. The Morgan fingerprint density at radius 2 is 1.81 bits per heavy atom. The van der Waals surface area contributed by atoms with Crippen molar-refractivity contribution in [3.63, 3.8) is 0 Å². The fourth-order valence-corrected chi connectivity index (χ4v) is 1.90. The van der Waals surface area contributed by atoms with Crippen molar-refractivity contribution in [3.8, 4) is 29.6 Å². The molecule has 21 heavy (non-hydrogen) atoms. The fourth-order valence-electron chi connectivity index (χ4n) is 1.90. The Kier molecular flexibility index (Phi) is 7.49. The van der Waals surface area contributed by atoms with E-state index in [1.807, 2.05) is 12.1 Å². The molecule has 1 N–H and O–H groups in total. The van der Waals surface area contributed by atoms with Gasteiger partial charge in [0.2, 0.25) is 5.75 Å². The molecule has 0 spiro atoms. The molecule has 0 heterocycles. The van der Waals surface area contributed by atoms with E-state index in [1.165, 1.54) is 0 Å². The van der Waals surface area contributed by atoms with E-state index >= 15 is 0 Å². The Morgan fingerprint density at radius 1 is 1.19 bits per heavy atom. The minimum atomic E-state index is 0.439. The van der Waals surface area contributed by atoms with Gasteiger partial charge >= 0.3 is 0 Å². The monoisotopic (exact) mass is 291 g/mol. The molecule has 1 rings (SSSR count). The second kappa shape index (κ2) is 9.15. The number of hydrogen-bond donors (Lipinski definition) is 1. The molecule has 0 radical (unpaired) electrons. The lowest BCUT2D eigenvalue weighted by Gasteiger charge is -2.16. The highest BCUT2D eigenvalue weighted by Crippen LogP contribution is 2.38. The van der Waals surface area contributed by atoms with Crippen LogP contribution in [0.5, 0.6) is 17.2 Å². The molecule has 0 bridgehead atoms. The number of nitrogens with one attached hydrogen (secondary N) is 1. The normalized spacial score (nSPS) is 10.3. The number of methoxy groups -OCH3 is 2. The molecule has 0 aliphatic rings. The van der Waals surface area contributed by atoms with Crippen LogP contribution in [0.2, 0.25) is 0 Å².